The molecule has 0 aliphatic carbocycles. The van der Waals surface area contributed by atoms with E-state index in [4.69, 9.17) is 11.1 Å². The Kier molecular flexibility index (Phi) is 4.80. The zero-order valence-electron chi connectivity index (χ0n) is 11.0. The zero-order chi connectivity index (χ0) is 14.6. The molecule has 1 aromatic rings. The van der Waals surface area contributed by atoms with Gasteiger partial charge in [-0.1, -0.05) is 12.1 Å². The summed E-state index contributed by atoms with van der Waals surface area (Å²) in [4.78, 5) is 1.58. The van der Waals surface area contributed by atoms with Crippen LogP contribution in [-0.2, 0) is 0 Å². The van der Waals surface area contributed by atoms with Gasteiger partial charge in [0.05, 0.1) is 0 Å². The number of nitrogens with one attached hydrogen (secondary N) is 1. The molecule has 1 rings (SSSR count). The molecular formula is C13H18F3N3. The predicted octanol–water partition coefficient (Wildman–Crippen LogP) is 2.94. The topological polar surface area (TPSA) is 53.1 Å². The number of rotatable bonds is 5. The molecule has 0 amide bonds. The third-order valence-corrected chi connectivity index (χ3v) is 2.92. The number of benzene rings is 1. The molecular weight excluding hydrogens is 255 g/mol. The highest BCUT2D eigenvalue weighted by molar-refractivity contribution is 5.81. The van der Waals surface area contributed by atoms with Crippen LogP contribution < -0.4 is 10.6 Å². The maximum absolute atomic E-state index is 12.8. The van der Waals surface area contributed by atoms with Crippen LogP contribution in [0.3, 0.4) is 0 Å². The van der Waals surface area contributed by atoms with Gasteiger partial charge < -0.3 is 10.6 Å². The van der Waals surface area contributed by atoms with Gasteiger partial charge in [0.25, 0.3) is 0 Å². The Morgan fingerprint density at radius 2 is 2.05 bits per heavy atom. The molecule has 0 spiro atoms. The number of nitrogens with zero attached hydrogens (tertiary/aromatic N) is 1. The van der Waals surface area contributed by atoms with Crippen molar-refractivity contribution in [1.82, 2.24) is 0 Å². The fraction of sp³-hybridized carbons (Fsp3) is 0.462. The molecule has 106 valence electrons. The van der Waals surface area contributed by atoms with Crippen LogP contribution in [0.1, 0.15) is 12.5 Å². The molecule has 0 aromatic heterocycles. The van der Waals surface area contributed by atoms with Crippen molar-refractivity contribution in [2.24, 2.45) is 11.7 Å². The van der Waals surface area contributed by atoms with Gasteiger partial charge in [0, 0.05) is 18.8 Å². The zero-order valence-corrected chi connectivity index (χ0v) is 11.0. The molecule has 1 unspecified atom stereocenters. The Balaban J connectivity index is 2.95. The summed E-state index contributed by atoms with van der Waals surface area (Å²) in [5, 5.41) is 7.11. The molecule has 0 aliphatic heterocycles. The molecule has 0 aliphatic rings. The highest BCUT2D eigenvalue weighted by Crippen LogP contribution is 2.28. The summed E-state index contributed by atoms with van der Waals surface area (Å²) >= 11 is 0. The van der Waals surface area contributed by atoms with E-state index in [1.807, 2.05) is 19.1 Å². The van der Waals surface area contributed by atoms with Crippen LogP contribution in [0.15, 0.2) is 24.3 Å². The van der Waals surface area contributed by atoms with Gasteiger partial charge in [-0.2, -0.15) is 13.2 Å². The lowest BCUT2D eigenvalue weighted by molar-refractivity contribution is -0.153. The van der Waals surface area contributed by atoms with Gasteiger partial charge in [-0.15, -0.1) is 0 Å². The smallest absolute Gasteiger partial charge is 0.387 e. The minimum absolute atomic E-state index is 0.335. The molecule has 6 heteroatoms. The number of amidine groups is 1. The van der Waals surface area contributed by atoms with E-state index < -0.39 is 17.9 Å². The van der Waals surface area contributed by atoms with Gasteiger partial charge in [0.15, 0.2) is 0 Å². The minimum Gasteiger partial charge on any atom is -0.387 e. The van der Waals surface area contributed by atoms with Crippen molar-refractivity contribution in [3.8, 4) is 0 Å². The van der Waals surface area contributed by atoms with E-state index in [1.54, 1.807) is 24.0 Å². The Morgan fingerprint density at radius 1 is 1.42 bits per heavy atom. The van der Waals surface area contributed by atoms with Crippen LogP contribution in [0.5, 0.6) is 0 Å². The van der Waals surface area contributed by atoms with Gasteiger partial charge in [-0.05, 0) is 31.5 Å². The lowest BCUT2D eigenvalue weighted by Crippen LogP contribution is -2.44. The predicted molar refractivity (Wildman–Crippen MR) is 70.5 cm³/mol. The van der Waals surface area contributed by atoms with Crippen LogP contribution in [-0.4, -0.2) is 25.1 Å². The first kappa shape index (κ1) is 15.3. The van der Waals surface area contributed by atoms with Crippen molar-refractivity contribution in [2.75, 3.05) is 18.0 Å². The molecule has 0 bridgehead atoms. The first-order valence-corrected chi connectivity index (χ1v) is 5.98. The molecule has 1 aromatic carbocycles. The first-order valence-electron chi connectivity index (χ1n) is 5.98. The van der Waals surface area contributed by atoms with Crippen molar-refractivity contribution in [3.63, 3.8) is 0 Å². The van der Waals surface area contributed by atoms with Crippen molar-refractivity contribution >= 4 is 11.5 Å². The summed E-state index contributed by atoms with van der Waals surface area (Å²) in [5.41, 5.74) is 6.75. The average Bonchev–Trinajstić information content (AvgIpc) is 2.27. The third-order valence-electron chi connectivity index (χ3n) is 2.92. The quantitative estimate of drug-likeness (QED) is 0.640. The number of hydrogen-bond donors (Lipinski definition) is 2. The molecule has 19 heavy (non-hydrogen) atoms. The summed E-state index contributed by atoms with van der Waals surface area (Å²) in [6.45, 7) is 3.74. The van der Waals surface area contributed by atoms with E-state index in [2.05, 4.69) is 0 Å². The van der Waals surface area contributed by atoms with Crippen LogP contribution >= 0.6 is 0 Å². The Hall–Kier alpha value is -1.72. The summed E-state index contributed by atoms with van der Waals surface area (Å²) in [6, 6.07) is 7.24. The van der Waals surface area contributed by atoms with Crippen molar-refractivity contribution in [3.05, 3.63) is 29.8 Å². The Bertz CT molecular complexity index is 443. The standard InChI is InChI=1S/C13H18F3N3/c1-3-19(10-6-4-5-9(2)7-10)8-11(12(17)18)13(14,15)16/h4-7,11H,3,8H2,1-2H3,(H3,17,18). The molecule has 3 N–H and O–H groups in total. The number of hydrogen-bond acceptors (Lipinski definition) is 2. The molecule has 3 nitrogen and oxygen atoms in total. The maximum atomic E-state index is 12.8. The van der Waals surface area contributed by atoms with E-state index in [-0.39, 0.29) is 6.54 Å². The van der Waals surface area contributed by atoms with Crippen molar-refractivity contribution in [2.45, 2.75) is 20.0 Å². The fourth-order valence-corrected chi connectivity index (χ4v) is 1.84. The summed E-state index contributed by atoms with van der Waals surface area (Å²) < 4.78 is 38.4. The molecule has 0 heterocycles. The summed E-state index contributed by atoms with van der Waals surface area (Å²) in [5.74, 6) is -2.79. The van der Waals surface area contributed by atoms with Crippen LogP contribution in [0.2, 0.25) is 0 Å². The van der Waals surface area contributed by atoms with Gasteiger partial charge in [-0.3, -0.25) is 5.41 Å². The van der Waals surface area contributed by atoms with Crippen molar-refractivity contribution in [1.29, 1.82) is 5.41 Å². The minimum atomic E-state index is -4.50. The molecule has 1 atom stereocenters. The van der Waals surface area contributed by atoms with Crippen LogP contribution in [0.25, 0.3) is 0 Å². The van der Waals surface area contributed by atoms with Crippen molar-refractivity contribution < 1.29 is 13.2 Å². The van der Waals surface area contributed by atoms with Gasteiger partial charge in [0.1, 0.15) is 11.8 Å². The number of nitrogens with two attached hydrogens (primary N) is 1. The van der Waals surface area contributed by atoms with E-state index in [1.165, 1.54) is 0 Å². The summed E-state index contributed by atoms with van der Waals surface area (Å²) in [6.07, 6.45) is -4.50. The highest BCUT2D eigenvalue weighted by atomic mass is 19.4. The van der Waals surface area contributed by atoms with Gasteiger partial charge in [0.2, 0.25) is 0 Å². The van der Waals surface area contributed by atoms with Gasteiger partial charge >= 0.3 is 6.18 Å². The van der Waals surface area contributed by atoms with E-state index in [0.29, 0.717) is 12.2 Å². The second-order valence-corrected chi connectivity index (χ2v) is 4.43. The number of halogens is 3. The molecule has 0 saturated carbocycles. The SMILES string of the molecule is CCN(CC(C(=N)N)C(F)(F)F)c1cccc(C)c1. The monoisotopic (exact) mass is 273 g/mol. The lowest BCUT2D eigenvalue weighted by Gasteiger charge is -2.29. The van der Waals surface area contributed by atoms with Gasteiger partial charge in [-0.25, -0.2) is 0 Å². The Morgan fingerprint density at radius 3 is 2.47 bits per heavy atom. The number of aryl methyl sites for hydroxylation is 1. The van der Waals surface area contributed by atoms with E-state index in [9.17, 15) is 13.2 Å². The number of alkyl halides is 3. The first-order chi connectivity index (χ1) is 8.75. The molecule has 0 saturated heterocycles. The maximum Gasteiger partial charge on any atom is 0.400 e. The fourth-order valence-electron chi connectivity index (χ4n) is 1.84. The lowest BCUT2D eigenvalue weighted by atomic mass is 10.1. The number of anilines is 1. The Labute approximate surface area is 110 Å². The highest BCUT2D eigenvalue weighted by Gasteiger charge is 2.42. The summed E-state index contributed by atoms with van der Waals surface area (Å²) in [7, 11) is 0. The van der Waals surface area contributed by atoms with Crippen LogP contribution in [0, 0.1) is 18.3 Å². The second kappa shape index (κ2) is 5.95. The molecule has 0 radical (unpaired) electrons. The molecule has 0 fully saturated rings. The average molecular weight is 273 g/mol. The second-order valence-electron chi connectivity index (χ2n) is 4.43. The third kappa shape index (κ3) is 4.15. The largest absolute Gasteiger partial charge is 0.400 e. The normalized spacial score (nSPS) is 13.1. The van der Waals surface area contributed by atoms with E-state index in [0.717, 1.165) is 5.56 Å². The van der Waals surface area contributed by atoms with Crippen LogP contribution in [0.4, 0.5) is 18.9 Å². The van der Waals surface area contributed by atoms with E-state index >= 15 is 0 Å².